The highest BCUT2D eigenvalue weighted by atomic mass is 16.6. The maximum atomic E-state index is 13.1. The van der Waals surface area contributed by atoms with Crippen molar-refractivity contribution < 1.29 is 23.9 Å². The highest BCUT2D eigenvalue weighted by Crippen LogP contribution is 2.29. The molecule has 152 valence electrons. The third kappa shape index (κ3) is 4.83. The fourth-order valence-corrected chi connectivity index (χ4v) is 3.39. The summed E-state index contributed by atoms with van der Waals surface area (Å²) in [5, 5.41) is 2.88. The summed E-state index contributed by atoms with van der Waals surface area (Å²) < 4.78 is 10.7. The number of rotatable bonds is 6. The molecule has 0 bridgehead atoms. The van der Waals surface area contributed by atoms with Crippen molar-refractivity contribution in [1.82, 2.24) is 5.32 Å². The van der Waals surface area contributed by atoms with E-state index in [2.05, 4.69) is 5.32 Å². The average molecular weight is 395 g/mol. The topological polar surface area (TPSA) is 81.7 Å². The second-order valence-electron chi connectivity index (χ2n) is 7.63. The lowest BCUT2D eigenvalue weighted by Crippen LogP contribution is -2.52. The number of esters is 2. The zero-order chi connectivity index (χ0) is 21.0. The van der Waals surface area contributed by atoms with Crippen LogP contribution in [0.3, 0.4) is 0 Å². The first-order valence-electron chi connectivity index (χ1n) is 9.65. The molecular weight excluding hydrogens is 370 g/mol. The summed E-state index contributed by atoms with van der Waals surface area (Å²) in [6.45, 7) is 5.13. The summed E-state index contributed by atoms with van der Waals surface area (Å²) in [6, 6.07) is 15.7. The second-order valence-corrected chi connectivity index (χ2v) is 7.63. The highest BCUT2D eigenvalue weighted by Gasteiger charge is 2.43. The number of cyclic esters (lactones) is 1. The van der Waals surface area contributed by atoms with Gasteiger partial charge in [-0.3, -0.25) is 9.59 Å². The number of hydrogen-bond acceptors (Lipinski definition) is 5. The molecule has 0 saturated heterocycles. The molecule has 1 aliphatic rings. The lowest BCUT2D eigenvalue weighted by atomic mass is 9.88. The molecule has 0 saturated carbocycles. The number of nitrogens with one attached hydrogen (secondary N) is 1. The second kappa shape index (κ2) is 8.47. The lowest BCUT2D eigenvalue weighted by Gasteiger charge is -2.34. The molecule has 0 fully saturated rings. The molecule has 6 nitrogen and oxygen atoms in total. The Morgan fingerprint density at radius 3 is 2.45 bits per heavy atom. The number of benzene rings is 2. The number of amides is 1. The van der Waals surface area contributed by atoms with Crippen molar-refractivity contribution >= 4 is 17.8 Å². The molecule has 2 unspecified atom stereocenters. The van der Waals surface area contributed by atoms with Gasteiger partial charge in [-0.15, -0.1) is 0 Å². The van der Waals surface area contributed by atoms with E-state index in [4.69, 9.17) is 9.47 Å². The summed E-state index contributed by atoms with van der Waals surface area (Å²) in [7, 11) is 0. The molecule has 0 radical (unpaired) electrons. The third-order valence-electron chi connectivity index (χ3n) is 4.81. The molecule has 0 aromatic heterocycles. The third-order valence-corrected chi connectivity index (χ3v) is 4.81. The van der Waals surface area contributed by atoms with E-state index in [9.17, 15) is 14.4 Å². The number of hydrogen-bond donors (Lipinski definition) is 1. The Hall–Kier alpha value is -3.15. The summed E-state index contributed by atoms with van der Waals surface area (Å²) in [6.07, 6.45) is -0.00398. The molecule has 1 heterocycles. The van der Waals surface area contributed by atoms with E-state index in [1.807, 2.05) is 42.5 Å². The van der Waals surface area contributed by atoms with Crippen LogP contribution < -0.4 is 5.32 Å². The van der Waals surface area contributed by atoms with Crippen molar-refractivity contribution in [2.24, 2.45) is 0 Å². The number of fused-ring (bicyclic) bond motifs is 1. The summed E-state index contributed by atoms with van der Waals surface area (Å²) in [4.78, 5) is 37.7. The minimum absolute atomic E-state index is 0.0193. The first kappa shape index (κ1) is 20.6. The van der Waals surface area contributed by atoms with E-state index in [-0.39, 0.29) is 18.9 Å². The molecule has 0 spiro atoms. The van der Waals surface area contributed by atoms with Gasteiger partial charge < -0.3 is 14.8 Å². The highest BCUT2D eigenvalue weighted by molar-refractivity contribution is 5.97. The number of carbonyl (C=O) groups excluding carboxylic acids is 3. The van der Waals surface area contributed by atoms with Crippen molar-refractivity contribution in [2.45, 2.75) is 51.4 Å². The smallest absolute Gasteiger partial charge is 0.339 e. The van der Waals surface area contributed by atoms with Gasteiger partial charge in [0.2, 0.25) is 0 Å². The van der Waals surface area contributed by atoms with Gasteiger partial charge in [-0.1, -0.05) is 48.5 Å². The van der Waals surface area contributed by atoms with Gasteiger partial charge in [-0.2, -0.15) is 0 Å². The Labute approximate surface area is 170 Å². The van der Waals surface area contributed by atoms with Crippen LogP contribution in [0.4, 0.5) is 0 Å². The fraction of sp³-hybridized carbons (Fsp3) is 0.348. The molecule has 2 atom stereocenters. The van der Waals surface area contributed by atoms with Crippen molar-refractivity contribution in [3.8, 4) is 0 Å². The molecule has 2 aromatic rings. The van der Waals surface area contributed by atoms with Crippen LogP contribution in [0, 0.1) is 0 Å². The monoisotopic (exact) mass is 395 g/mol. The minimum atomic E-state index is -1.36. The van der Waals surface area contributed by atoms with Gasteiger partial charge in [0.15, 0.2) is 5.60 Å². The molecule has 29 heavy (non-hydrogen) atoms. The first-order valence-corrected chi connectivity index (χ1v) is 9.65. The van der Waals surface area contributed by atoms with Crippen molar-refractivity contribution in [2.75, 3.05) is 0 Å². The summed E-state index contributed by atoms with van der Waals surface area (Å²) in [5.74, 6) is -1.39. The van der Waals surface area contributed by atoms with Crippen LogP contribution in [0.1, 0.15) is 54.7 Å². The maximum absolute atomic E-state index is 13.1. The lowest BCUT2D eigenvalue weighted by molar-refractivity contribution is -0.148. The summed E-state index contributed by atoms with van der Waals surface area (Å²) >= 11 is 0. The molecule has 2 aromatic carbocycles. The zero-order valence-electron chi connectivity index (χ0n) is 16.8. The van der Waals surface area contributed by atoms with Crippen molar-refractivity contribution in [1.29, 1.82) is 0 Å². The van der Waals surface area contributed by atoms with E-state index in [1.54, 1.807) is 32.9 Å². The number of ether oxygens (including phenoxy) is 2. The fourth-order valence-electron chi connectivity index (χ4n) is 3.39. The molecule has 3 rings (SSSR count). The van der Waals surface area contributed by atoms with Crippen molar-refractivity contribution in [3.05, 3.63) is 71.3 Å². The van der Waals surface area contributed by atoms with Gasteiger partial charge in [0.05, 0.1) is 24.1 Å². The van der Waals surface area contributed by atoms with Crippen LogP contribution in [-0.4, -0.2) is 29.6 Å². The van der Waals surface area contributed by atoms with E-state index < -0.39 is 29.5 Å². The van der Waals surface area contributed by atoms with Crippen LogP contribution in [0.25, 0.3) is 0 Å². The normalized spacial score (nSPS) is 19.1. The SMILES string of the molecule is CC(C)OC(=O)CC(NC(=O)C1(C)Cc2ccccc2C(=O)O1)c1ccccc1. The largest absolute Gasteiger partial charge is 0.463 e. The average Bonchev–Trinajstić information content (AvgIpc) is 2.67. The van der Waals surface area contributed by atoms with Gasteiger partial charge in [0, 0.05) is 6.42 Å². The Bertz CT molecular complexity index is 908. The van der Waals surface area contributed by atoms with Crippen LogP contribution in [0.5, 0.6) is 0 Å². The Morgan fingerprint density at radius 2 is 1.76 bits per heavy atom. The van der Waals surface area contributed by atoms with E-state index in [0.29, 0.717) is 5.56 Å². The van der Waals surface area contributed by atoms with E-state index in [1.165, 1.54) is 0 Å². The standard InChI is InChI=1S/C23H25NO5/c1-15(2)28-20(25)13-19(16-9-5-4-6-10-16)24-22(27)23(3)14-17-11-7-8-12-18(17)21(26)29-23/h4-12,15,19H,13-14H2,1-3H3,(H,24,27). The molecule has 1 amide bonds. The quantitative estimate of drug-likeness (QED) is 0.759. The van der Waals surface area contributed by atoms with Crippen LogP contribution in [0.2, 0.25) is 0 Å². The van der Waals surface area contributed by atoms with Gasteiger partial charge in [0.25, 0.3) is 5.91 Å². The van der Waals surface area contributed by atoms with Crippen LogP contribution in [-0.2, 0) is 25.5 Å². The van der Waals surface area contributed by atoms with E-state index in [0.717, 1.165) is 11.1 Å². The van der Waals surface area contributed by atoms with Gasteiger partial charge in [-0.05, 0) is 38.0 Å². The number of carbonyl (C=O) groups is 3. The molecule has 0 aliphatic carbocycles. The Kier molecular flexibility index (Phi) is 6.01. The van der Waals surface area contributed by atoms with Crippen LogP contribution >= 0.6 is 0 Å². The molecule has 6 heteroatoms. The van der Waals surface area contributed by atoms with Gasteiger partial charge in [0.1, 0.15) is 0 Å². The maximum Gasteiger partial charge on any atom is 0.339 e. The van der Waals surface area contributed by atoms with Crippen LogP contribution in [0.15, 0.2) is 54.6 Å². The van der Waals surface area contributed by atoms with Gasteiger partial charge in [-0.25, -0.2) is 4.79 Å². The molecule has 1 aliphatic heterocycles. The van der Waals surface area contributed by atoms with E-state index >= 15 is 0 Å². The first-order chi connectivity index (χ1) is 13.8. The Morgan fingerprint density at radius 1 is 1.10 bits per heavy atom. The minimum Gasteiger partial charge on any atom is -0.463 e. The Balaban J connectivity index is 1.81. The van der Waals surface area contributed by atoms with Gasteiger partial charge >= 0.3 is 11.9 Å². The molecule has 1 N–H and O–H groups in total. The predicted octanol–water partition coefficient (Wildman–Crippen LogP) is 3.36. The zero-order valence-corrected chi connectivity index (χ0v) is 16.8. The summed E-state index contributed by atoms with van der Waals surface area (Å²) in [5.41, 5.74) is 0.642. The predicted molar refractivity (Wildman–Crippen MR) is 107 cm³/mol. The van der Waals surface area contributed by atoms with Crippen molar-refractivity contribution in [3.63, 3.8) is 0 Å². The molecular formula is C23H25NO5.